The lowest BCUT2D eigenvalue weighted by molar-refractivity contribution is -0.00398. The first kappa shape index (κ1) is 20.8. The molecule has 2 aliphatic heterocycles. The van der Waals surface area contributed by atoms with Gasteiger partial charge < -0.3 is 24.1 Å². The fraction of sp³-hybridized carbons (Fsp3) is 0.333. The van der Waals surface area contributed by atoms with Crippen LogP contribution in [0.4, 0.5) is 5.69 Å². The second kappa shape index (κ2) is 8.54. The molecule has 4 aromatic rings. The van der Waals surface area contributed by atoms with Gasteiger partial charge in [-0.15, -0.1) is 0 Å². The third kappa shape index (κ3) is 3.91. The van der Waals surface area contributed by atoms with Gasteiger partial charge in [-0.2, -0.15) is 10.1 Å². The van der Waals surface area contributed by atoms with E-state index in [0.717, 1.165) is 16.9 Å². The first-order chi connectivity index (χ1) is 16.6. The van der Waals surface area contributed by atoms with Crippen LogP contribution in [0.1, 0.15) is 16.2 Å². The zero-order valence-electron chi connectivity index (χ0n) is 18.7. The monoisotopic (exact) mass is 460 g/mol. The smallest absolute Gasteiger partial charge is 0.307 e. The Morgan fingerprint density at radius 2 is 1.94 bits per heavy atom. The molecule has 1 amide bonds. The van der Waals surface area contributed by atoms with Crippen LogP contribution in [0.15, 0.2) is 47.0 Å². The number of nitrogens with one attached hydrogen (secondary N) is 1. The number of hydrogen-bond acceptors (Lipinski definition) is 8. The Hall–Kier alpha value is -3.76. The van der Waals surface area contributed by atoms with Crippen molar-refractivity contribution in [3.63, 3.8) is 0 Å². The maximum Gasteiger partial charge on any atom is 0.307 e. The normalized spacial score (nSPS) is 16.6. The minimum atomic E-state index is -0.374. The number of benzene rings is 1. The molecule has 1 N–H and O–H groups in total. The lowest BCUT2D eigenvalue weighted by Gasteiger charge is -2.28. The second-order valence-corrected chi connectivity index (χ2v) is 8.49. The summed E-state index contributed by atoms with van der Waals surface area (Å²) >= 11 is 0. The van der Waals surface area contributed by atoms with Crippen LogP contribution < -0.4 is 10.2 Å². The standard InChI is InChI=1S/C24H24N6O4/c1-15-3-2-4-16(11-15)18-5-6-30(28-18)20-12-19(29-7-9-32-10-8-29)21-23(26-20)34-24(27-21)22(31)25-17-13-33-14-17/h2-6,11-12,17H,7-10,13-14H2,1H3,(H,25,31). The van der Waals surface area contributed by atoms with Crippen molar-refractivity contribution in [1.82, 2.24) is 25.1 Å². The summed E-state index contributed by atoms with van der Waals surface area (Å²) in [6, 6.07) is 12.1. The van der Waals surface area contributed by atoms with Gasteiger partial charge >= 0.3 is 5.91 Å². The molecule has 2 fully saturated rings. The highest BCUT2D eigenvalue weighted by atomic mass is 16.5. The number of morpholine rings is 1. The first-order valence-electron chi connectivity index (χ1n) is 11.3. The van der Waals surface area contributed by atoms with Crippen LogP contribution in [-0.4, -0.2) is 71.2 Å². The molecule has 10 nitrogen and oxygen atoms in total. The number of nitrogens with zero attached hydrogens (tertiary/aromatic N) is 5. The summed E-state index contributed by atoms with van der Waals surface area (Å²) in [5.41, 5.74) is 4.73. The molecule has 1 aromatic carbocycles. The molecule has 0 saturated carbocycles. The molecule has 5 heterocycles. The quantitative estimate of drug-likeness (QED) is 0.484. The number of rotatable bonds is 5. The Kier molecular flexibility index (Phi) is 5.23. The number of fused-ring (bicyclic) bond motifs is 1. The van der Waals surface area contributed by atoms with Crippen LogP contribution in [-0.2, 0) is 9.47 Å². The van der Waals surface area contributed by atoms with Gasteiger partial charge in [-0.25, -0.2) is 9.67 Å². The molecular formula is C24H24N6O4. The number of carbonyl (C=O) groups is 1. The van der Waals surface area contributed by atoms with E-state index in [-0.39, 0.29) is 17.8 Å². The average molecular weight is 460 g/mol. The van der Waals surface area contributed by atoms with Crippen LogP contribution in [0.25, 0.3) is 28.3 Å². The molecule has 3 aromatic heterocycles. The predicted octanol–water partition coefficient (Wildman–Crippen LogP) is 2.35. The summed E-state index contributed by atoms with van der Waals surface area (Å²) in [5, 5.41) is 7.61. The van der Waals surface area contributed by atoms with E-state index in [0.29, 0.717) is 56.6 Å². The number of aromatic nitrogens is 4. The van der Waals surface area contributed by atoms with Crippen LogP contribution in [0.3, 0.4) is 0 Å². The fourth-order valence-corrected chi connectivity index (χ4v) is 4.12. The Morgan fingerprint density at radius 1 is 1.09 bits per heavy atom. The zero-order chi connectivity index (χ0) is 23.1. The van der Waals surface area contributed by atoms with E-state index in [1.54, 1.807) is 4.68 Å². The lowest BCUT2D eigenvalue weighted by Crippen LogP contribution is -2.48. The molecule has 34 heavy (non-hydrogen) atoms. The van der Waals surface area contributed by atoms with Crippen molar-refractivity contribution in [2.45, 2.75) is 13.0 Å². The van der Waals surface area contributed by atoms with Gasteiger partial charge in [-0.1, -0.05) is 23.8 Å². The van der Waals surface area contributed by atoms with E-state index in [9.17, 15) is 4.79 Å². The van der Waals surface area contributed by atoms with E-state index in [1.807, 2.05) is 30.5 Å². The van der Waals surface area contributed by atoms with E-state index in [4.69, 9.17) is 19.0 Å². The Bertz CT molecular complexity index is 1350. The van der Waals surface area contributed by atoms with Gasteiger partial charge in [0.2, 0.25) is 0 Å². The maximum atomic E-state index is 12.6. The number of anilines is 1. The third-order valence-electron chi connectivity index (χ3n) is 5.99. The molecule has 0 unspecified atom stereocenters. The molecule has 10 heteroatoms. The topological polar surface area (TPSA) is 108 Å². The lowest BCUT2D eigenvalue weighted by atomic mass is 10.1. The van der Waals surface area contributed by atoms with Crippen molar-refractivity contribution in [2.75, 3.05) is 44.4 Å². The summed E-state index contributed by atoms with van der Waals surface area (Å²) in [7, 11) is 0. The van der Waals surface area contributed by atoms with E-state index in [2.05, 4.69) is 39.2 Å². The first-order valence-corrected chi connectivity index (χ1v) is 11.3. The van der Waals surface area contributed by atoms with Crippen molar-refractivity contribution in [3.05, 3.63) is 54.0 Å². The van der Waals surface area contributed by atoms with Crippen molar-refractivity contribution < 1.29 is 18.7 Å². The van der Waals surface area contributed by atoms with E-state index < -0.39 is 0 Å². The molecular weight excluding hydrogens is 436 g/mol. The van der Waals surface area contributed by atoms with Crippen LogP contribution >= 0.6 is 0 Å². The summed E-state index contributed by atoms with van der Waals surface area (Å²) in [5.74, 6) is 0.201. The fourth-order valence-electron chi connectivity index (χ4n) is 4.12. The Labute approximate surface area is 195 Å². The third-order valence-corrected chi connectivity index (χ3v) is 5.99. The molecule has 0 radical (unpaired) electrons. The Morgan fingerprint density at radius 3 is 2.71 bits per heavy atom. The summed E-state index contributed by atoms with van der Waals surface area (Å²) in [6.07, 6.45) is 1.87. The van der Waals surface area contributed by atoms with Crippen molar-refractivity contribution in [3.8, 4) is 17.1 Å². The number of pyridine rings is 1. The zero-order valence-corrected chi connectivity index (χ0v) is 18.7. The molecule has 6 rings (SSSR count). The number of ether oxygens (including phenoxy) is 2. The summed E-state index contributed by atoms with van der Waals surface area (Å²) in [4.78, 5) is 24.0. The minimum absolute atomic E-state index is 0.0121. The molecule has 0 aliphatic carbocycles. The largest absolute Gasteiger partial charge is 0.413 e. The van der Waals surface area contributed by atoms with Crippen molar-refractivity contribution in [2.24, 2.45) is 0 Å². The van der Waals surface area contributed by atoms with E-state index in [1.165, 1.54) is 5.56 Å². The summed E-state index contributed by atoms with van der Waals surface area (Å²) < 4.78 is 18.2. The number of carbonyl (C=O) groups excluding carboxylic acids is 1. The SMILES string of the molecule is Cc1cccc(-c2ccn(-c3cc(N4CCOCC4)c4nc(C(=O)NC5COC5)oc4n3)n2)c1. The molecule has 2 saturated heterocycles. The second-order valence-electron chi connectivity index (χ2n) is 8.49. The Balaban J connectivity index is 1.40. The maximum absolute atomic E-state index is 12.6. The van der Waals surface area contributed by atoms with Crippen molar-refractivity contribution in [1.29, 1.82) is 0 Å². The van der Waals surface area contributed by atoms with Crippen molar-refractivity contribution >= 4 is 22.8 Å². The van der Waals surface area contributed by atoms with Crippen LogP contribution in [0, 0.1) is 6.92 Å². The van der Waals surface area contributed by atoms with Gasteiger partial charge in [0.15, 0.2) is 11.3 Å². The molecule has 0 spiro atoms. The number of hydrogen-bond donors (Lipinski definition) is 1. The highest BCUT2D eigenvalue weighted by Crippen LogP contribution is 2.30. The highest BCUT2D eigenvalue weighted by Gasteiger charge is 2.26. The molecule has 174 valence electrons. The average Bonchev–Trinajstić information content (AvgIpc) is 3.49. The highest BCUT2D eigenvalue weighted by molar-refractivity contribution is 5.95. The van der Waals surface area contributed by atoms with Gasteiger partial charge in [0.1, 0.15) is 0 Å². The van der Waals surface area contributed by atoms with Gasteiger partial charge in [0.25, 0.3) is 11.6 Å². The minimum Gasteiger partial charge on any atom is -0.413 e. The van der Waals surface area contributed by atoms with Gasteiger partial charge in [0.05, 0.1) is 43.9 Å². The van der Waals surface area contributed by atoms with Gasteiger partial charge in [-0.3, -0.25) is 4.79 Å². The van der Waals surface area contributed by atoms with Gasteiger partial charge in [0, 0.05) is 30.9 Å². The number of aryl methyl sites for hydroxylation is 1. The van der Waals surface area contributed by atoms with Crippen LogP contribution in [0.2, 0.25) is 0 Å². The predicted molar refractivity (Wildman–Crippen MR) is 124 cm³/mol. The molecule has 2 aliphatic rings. The summed E-state index contributed by atoms with van der Waals surface area (Å²) in [6.45, 7) is 5.70. The number of amides is 1. The van der Waals surface area contributed by atoms with Gasteiger partial charge in [-0.05, 0) is 19.1 Å². The molecule has 0 atom stereocenters. The molecule has 0 bridgehead atoms. The van der Waals surface area contributed by atoms with E-state index >= 15 is 0 Å². The number of oxazole rings is 1. The van der Waals surface area contributed by atoms with Crippen LogP contribution in [0.5, 0.6) is 0 Å².